The van der Waals surface area contributed by atoms with Crippen molar-refractivity contribution in [2.24, 2.45) is 0 Å². The summed E-state index contributed by atoms with van der Waals surface area (Å²) in [5, 5.41) is 0. The third-order valence-corrected chi connectivity index (χ3v) is 2.74. The Kier molecular flexibility index (Phi) is 3.03. The van der Waals surface area contributed by atoms with E-state index in [0.717, 1.165) is 23.3 Å². The lowest BCUT2D eigenvalue weighted by Gasteiger charge is -2.12. The Labute approximate surface area is 103 Å². The first-order valence-corrected chi connectivity index (χ1v) is 5.42. The van der Waals surface area contributed by atoms with Crippen LogP contribution in [-0.4, -0.2) is 0 Å². The molecule has 0 aliphatic carbocycles. The molecule has 0 aliphatic heterocycles. The molecule has 0 aliphatic rings. The molecule has 18 heavy (non-hydrogen) atoms. The molecule has 1 nitrogen and oxygen atoms in total. The molecule has 0 heterocycles. The SMILES string of the molecule is Cc1ccccc1-c1cc(N)cc(C(F)(F)F)c1. The zero-order valence-electron chi connectivity index (χ0n) is 9.75. The van der Waals surface area contributed by atoms with E-state index in [1.165, 1.54) is 0 Å². The zero-order chi connectivity index (χ0) is 13.3. The number of hydrogen-bond acceptors (Lipinski definition) is 1. The number of aryl methyl sites for hydroxylation is 1. The van der Waals surface area contributed by atoms with Crippen molar-refractivity contribution < 1.29 is 13.2 Å². The molecule has 0 fully saturated rings. The van der Waals surface area contributed by atoms with Gasteiger partial charge in [0.15, 0.2) is 0 Å². The number of anilines is 1. The maximum Gasteiger partial charge on any atom is 0.416 e. The van der Waals surface area contributed by atoms with Crippen LogP contribution < -0.4 is 5.73 Å². The molecule has 2 rings (SSSR count). The second-order valence-electron chi connectivity index (χ2n) is 4.16. The van der Waals surface area contributed by atoms with Gasteiger partial charge in [-0.15, -0.1) is 0 Å². The lowest BCUT2D eigenvalue weighted by Crippen LogP contribution is -2.06. The lowest BCUT2D eigenvalue weighted by atomic mass is 9.98. The maximum atomic E-state index is 12.7. The highest BCUT2D eigenvalue weighted by molar-refractivity contribution is 5.71. The summed E-state index contributed by atoms with van der Waals surface area (Å²) in [7, 11) is 0. The molecule has 0 amide bonds. The van der Waals surface area contributed by atoms with Gasteiger partial charge in [-0.3, -0.25) is 0 Å². The van der Waals surface area contributed by atoms with Gasteiger partial charge in [-0.05, 0) is 41.8 Å². The Morgan fingerprint density at radius 2 is 1.67 bits per heavy atom. The number of alkyl halides is 3. The monoisotopic (exact) mass is 251 g/mol. The second-order valence-corrected chi connectivity index (χ2v) is 4.16. The summed E-state index contributed by atoms with van der Waals surface area (Å²) >= 11 is 0. The fourth-order valence-corrected chi connectivity index (χ4v) is 1.87. The van der Waals surface area contributed by atoms with Crippen LogP contribution in [0.1, 0.15) is 11.1 Å². The van der Waals surface area contributed by atoms with Gasteiger partial charge in [0.05, 0.1) is 5.56 Å². The van der Waals surface area contributed by atoms with E-state index < -0.39 is 11.7 Å². The van der Waals surface area contributed by atoms with Crippen molar-refractivity contribution >= 4 is 5.69 Å². The Balaban J connectivity index is 2.60. The second kappa shape index (κ2) is 4.37. The molecule has 0 aromatic heterocycles. The zero-order valence-corrected chi connectivity index (χ0v) is 9.75. The summed E-state index contributed by atoms with van der Waals surface area (Å²) in [5.41, 5.74) is 7.10. The summed E-state index contributed by atoms with van der Waals surface area (Å²) in [6.07, 6.45) is -4.38. The Bertz CT molecular complexity index is 573. The molecule has 0 atom stereocenters. The summed E-state index contributed by atoms with van der Waals surface area (Å²) in [6.45, 7) is 1.85. The first-order valence-electron chi connectivity index (χ1n) is 5.42. The molecule has 0 saturated heterocycles. The van der Waals surface area contributed by atoms with Gasteiger partial charge in [-0.25, -0.2) is 0 Å². The average molecular weight is 251 g/mol. The van der Waals surface area contributed by atoms with Crippen molar-refractivity contribution in [2.45, 2.75) is 13.1 Å². The molecule has 0 saturated carbocycles. The van der Waals surface area contributed by atoms with Crippen LogP contribution in [0, 0.1) is 6.92 Å². The quantitative estimate of drug-likeness (QED) is 0.753. The van der Waals surface area contributed by atoms with Gasteiger partial charge in [-0.2, -0.15) is 13.2 Å². The van der Waals surface area contributed by atoms with E-state index in [4.69, 9.17) is 5.73 Å². The summed E-state index contributed by atoms with van der Waals surface area (Å²) in [5.74, 6) is 0. The van der Waals surface area contributed by atoms with Crippen LogP contribution in [0.15, 0.2) is 42.5 Å². The molecular formula is C14H12F3N. The maximum absolute atomic E-state index is 12.7. The normalized spacial score (nSPS) is 11.6. The molecule has 2 aromatic carbocycles. The van der Waals surface area contributed by atoms with Crippen molar-refractivity contribution in [3.8, 4) is 11.1 Å². The number of nitrogen functional groups attached to an aromatic ring is 1. The first kappa shape index (κ1) is 12.5. The molecule has 2 N–H and O–H groups in total. The molecule has 0 spiro atoms. The van der Waals surface area contributed by atoms with Crippen LogP contribution in [0.3, 0.4) is 0 Å². The van der Waals surface area contributed by atoms with Crippen LogP contribution in [0.25, 0.3) is 11.1 Å². The van der Waals surface area contributed by atoms with Crippen LogP contribution in [0.4, 0.5) is 18.9 Å². The van der Waals surface area contributed by atoms with Gasteiger partial charge < -0.3 is 5.73 Å². The molecule has 0 radical (unpaired) electrons. The molecule has 94 valence electrons. The molecule has 2 aromatic rings. The minimum absolute atomic E-state index is 0.114. The minimum atomic E-state index is -4.38. The molecular weight excluding hydrogens is 239 g/mol. The Morgan fingerprint density at radius 1 is 1.00 bits per heavy atom. The van der Waals surface area contributed by atoms with Crippen LogP contribution in [0.5, 0.6) is 0 Å². The van der Waals surface area contributed by atoms with Crippen molar-refractivity contribution in [1.82, 2.24) is 0 Å². The largest absolute Gasteiger partial charge is 0.416 e. The van der Waals surface area contributed by atoms with Gasteiger partial charge >= 0.3 is 6.18 Å². The topological polar surface area (TPSA) is 26.0 Å². The predicted molar refractivity (Wildman–Crippen MR) is 66.0 cm³/mol. The Hall–Kier alpha value is -1.97. The highest BCUT2D eigenvalue weighted by atomic mass is 19.4. The standard InChI is InChI=1S/C14H12F3N/c1-9-4-2-3-5-13(9)10-6-11(14(15,16)17)8-12(18)7-10/h2-8H,18H2,1H3. The van der Waals surface area contributed by atoms with Gasteiger partial charge in [0.25, 0.3) is 0 Å². The fraction of sp³-hybridized carbons (Fsp3) is 0.143. The van der Waals surface area contributed by atoms with Crippen LogP contribution >= 0.6 is 0 Å². The highest BCUT2D eigenvalue weighted by Gasteiger charge is 2.31. The summed E-state index contributed by atoms with van der Waals surface area (Å²) in [4.78, 5) is 0. The van der Waals surface area contributed by atoms with E-state index in [1.54, 1.807) is 18.2 Å². The van der Waals surface area contributed by atoms with E-state index in [1.807, 2.05) is 19.1 Å². The van der Waals surface area contributed by atoms with Crippen molar-refractivity contribution in [2.75, 3.05) is 5.73 Å². The highest BCUT2D eigenvalue weighted by Crippen LogP contribution is 2.34. The number of hydrogen-bond donors (Lipinski definition) is 1. The smallest absolute Gasteiger partial charge is 0.399 e. The third kappa shape index (κ3) is 2.47. The van der Waals surface area contributed by atoms with E-state index in [0.29, 0.717) is 5.56 Å². The molecule has 4 heteroatoms. The number of rotatable bonds is 1. The van der Waals surface area contributed by atoms with E-state index >= 15 is 0 Å². The fourth-order valence-electron chi connectivity index (χ4n) is 1.87. The minimum Gasteiger partial charge on any atom is -0.399 e. The third-order valence-electron chi connectivity index (χ3n) is 2.74. The summed E-state index contributed by atoms with van der Waals surface area (Å²) in [6, 6.07) is 10.9. The summed E-state index contributed by atoms with van der Waals surface area (Å²) < 4.78 is 38.1. The average Bonchev–Trinajstić information content (AvgIpc) is 2.27. The predicted octanol–water partition coefficient (Wildman–Crippen LogP) is 4.26. The first-order chi connectivity index (χ1) is 8.38. The van der Waals surface area contributed by atoms with E-state index in [-0.39, 0.29) is 5.69 Å². The van der Waals surface area contributed by atoms with Gasteiger partial charge in [0, 0.05) is 5.69 Å². The van der Waals surface area contributed by atoms with Crippen molar-refractivity contribution in [1.29, 1.82) is 0 Å². The number of halogens is 3. The Morgan fingerprint density at radius 3 is 2.28 bits per heavy atom. The molecule has 0 bridgehead atoms. The van der Waals surface area contributed by atoms with E-state index in [2.05, 4.69) is 0 Å². The van der Waals surface area contributed by atoms with Gasteiger partial charge in [-0.1, -0.05) is 24.3 Å². The van der Waals surface area contributed by atoms with Gasteiger partial charge in [0.2, 0.25) is 0 Å². The lowest BCUT2D eigenvalue weighted by molar-refractivity contribution is -0.137. The van der Waals surface area contributed by atoms with Crippen molar-refractivity contribution in [3.63, 3.8) is 0 Å². The number of benzene rings is 2. The van der Waals surface area contributed by atoms with Crippen LogP contribution in [0.2, 0.25) is 0 Å². The van der Waals surface area contributed by atoms with E-state index in [9.17, 15) is 13.2 Å². The number of nitrogens with two attached hydrogens (primary N) is 1. The van der Waals surface area contributed by atoms with Crippen molar-refractivity contribution in [3.05, 3.63) is 53.6 Å². The van der Waals surface area contributed by atoms with Gasteiger partial charge in [0.1, 0.15) is 0 Å². The van der Waals surface area contributed by atoms with Crippen LogP contribution in [-0.2, 0) is 6.18 Å². The molecule has 0 unspecified atom stereocenters.